The van der Waals surface area contributed by atoms with Crippen LogP contribution in [0.25, 0.3) is 0 Å². The maximum Gasteiger partial charge on any atom is 0.265 e. The summed E-state index contributed by atoms with van der Waals surface area (Å²) < 4.78 is 5.70. The molecule has 5 heteroatoms. The number of para-hydroxylation sites is 1. The molecule has 5 nitrogen and oxygen atoms in total. The van der Waals surface area contributed by atoms with Gasteiger partial charge in [0.25, 0.3) is 5.91 Å². The van der Waals surface area contributed by atoms with Crippen LogP contribution in [0.1, 0.15) is 18.4 Å². The number of carbonyl (C=O) groups excluding carboxylic acids is 2. The number of amides is 2. The van der Waals surface area contributed by atoms with Gasteiger partial charge in [-0.25, -0.2) is 0 Å². The van der Waals surface area contributed by atoms with Crippen molar-refractivity contribution >= 4 is 23.2 Å². The number of benzene rings is 2. The van der Waals surface area contributed by atoms with E-state index in [0.717, 1.165) is 30.0 Å². The Balaban J connectivity index is 1.41. The molecule has 2 aliphatic heterocycles. The lowest BCUT2D eigenvalue weighted by Gasteiger charge is -2.16. The van der Waals surface area contributed by atoms with Crippen LogP contribution in [0.2, 0.25) is 0 Å². The SMILES string of the molecule is O=C(Nc1ccc(N2CCCC2=O)cc1)C1Cc2ccccc2O1. The van der Waals surface area contributed by atoms with Gasteiger partial charge in [0.15, 0.2) is 6.10 Å². The highest BCUT2D eigenvalue weighted by Crippen LogP contribution is 2.29. The third-order valence-electron chi connectivity index (χ3n) is 4.46. The lowest BCUT2D eigenvalue weighted by molar-refractivity contribution is -0.122. The molecular formula is C19H18N2O3. The fourth-order valence-electron chi connectivity index (χ4n) is 3.20. The molecule has 0 aromatic heterocycles. The molecule has 2 amide bonds. The van der Waals surface area contributed by atoms with Crippen LogP contribution in [0.4, 0.5) is 11.4 Å². The zero-order valence-electron chi connectivity index (χ0n) is 13.2. The Morgan fingerprint density at radius 2 is 1.92 bits per heavy atom. The number of ether oxygens (including phenoxy) is 1. The molecule has 0 aliphatic carbocycles. The fraction of sp³-hybridized carbons (Fsp3) is 0.263. The van der Waals surface area contributed by atoms with Gasteiger partial charge < -0.3 is 15.0 Å². The Bertz CT molecular complexity index is 760. The Hall–Kier alpha value is -2.82. The third-order valence-corrected chi connectivity index (χ3v) is 4.46. The number of nitrogens with zero attached hydrogens (tertiary/aromatic N) is 1. The van der Waals surface area contributed by atoms with Crippen molar-refractivity contribution in [2.75, 3.05) is 16.8 Å². The molecule has 1 fully saturated rings. The van der Waals surface area contributed by atoms with Crippen LogP contribution >= 0.6 is 0 Å². The highest BCUT2D eigenvalue weighted by atomic mass is 16.5. The molecule has 2 aromatic carbocycles. The van der Waals surface area contributed by atoms with Crippen LogP contribution in [-0.2, 0) is 16.0 Å². The van der Waals surface area contributed by atoms with Crippen molar-refractivity contribution in [1.82, 2.24) is 0 Å². The lowest BCUT2D eigenvalue weighted by atomic mass is 10.1. The van der Waals surface area contributed by atoms with Crippen LogP contribution in [0.5, 0.6) is 5.75 Å². The lowest BCUT2D eigenvalue weighted by Crippen LogP contribution is -2.31. The van der Waals surface area contributed by atoms with Crippen molar-refractivity contribution in [2.24, 2.45) is 0 Å². The van der Waals surface area contributed by atoms with Crippen molar-refractivity contribution in [1.29, 1.82) is 0 Å². The molecule has 2 aromatic rings. The molecule has 1 N–H and O–H groups in total. The summed E-state index contributed by atoms with van der Waals surface area (Å²) in [5, 5.41) is 2.88. The summed E-state index contributed by atoms with van der Waals surface area (Å²) in [4.78, 5) is 25.9. The maximum atomic E-state index is 12.4. The average molecular weight is 322 g/mol. The van der Waals surface area contributed by atoms with Gasteiger partial charge in [-0.05, 0) is 42.3 Å². The van der Waals surface area contributed by atoms with Gasteiger partial charge in [0, 0.05) is 30.8 Å². The minimum absolute atomic E-state index is 0.156. The van der Waals surface area contributed by atoms with E-state index in [1.54, 1.807) is 4.90 Å². The highest BCUT2D eigenvalue weighted by molar-refractivity contribution is 5.97. The molecule has 1 unspecified atom stereocenters. The molecule has 2 heterocycles. The second-order valence-electron chi connectivity index (χ2n) is 6.10. The Morgan fingerprint density at radius 3 is 2.62 bits per heavy atom. The zero-order valence-corrected chi connectivity index (χ0v) is 13.2. The minimum atomic E-state index is -0.498. The van der Waals surface area contributed by atoms with E-state index in [-0.39, 0.29) is 11.8 Å². The Kier molecular flexibility index (Phi) is 3.69. The number of anilines is 2. The molecule has 0 radical (unpaired) electrons. The summed E-state index contributed by atoms with van der Waals surface area (Å²) in [6.45, 7) is 0.763. The number of hydrogen-bond acceptors (Lipinski definition) is 3. The van der Waals surface area contributed by atoms with Gasteiger partial charge in [-0.15, -0.1) is 0 Å². The highest BCUT2D eigenvalue weighted by Gasteiger charge is 2.29. The Morgan fingerprint density at radius 1 is 1.12 bits per heavy atom. The van der Waals surface area contributed by atoms with E-state index in [2.05, 4.69) is 5.32 Å². The van der Waals surface area contributed by atoms with Gasteiger partial charge in [-0.2, -0.15) is 0 Å². The topological polar surface area (TPSA) is 58.6 Å². The predicted molar refractivity (Wildman–Crippen MR) is 91.2 cm³/mol. The summed E-state index contributed by atoms with van der Waals surface area (Å²) >= 11 is 0. The van der Waals surface area contributed by atoms with Crippen LogP contribution in [0.15, 0.2) is 48.5 Å². The van der Waals surface area contributed by atoms with Crippen LogP contribution in [-0.4, -0.2) is 24.5 Å². The van der Waals surface area contributed by atoms with Gasteiger partial charge in [0.2, 0.25) is 5.91 Å². The van der Waals surface area contributed by atoms with Crippen molar-refractivity contribution in [3.05, 3.63) is 54.1 Å². The quantitative estimate of drug-likeness (QED) is 0.945. The van der Waals surface area contributed by atoms with Gasteiger partial charge in [0.05, 0.1) is 0 Å². The second-order valence-corrected chi connectivity index (χ2v) is 6.10. The van der Waals surface area contributed by atoms with Crippen LogP contribution in [0, 0.1) is 0 Å². The van der Waals surface area contributed by atoms with E-state index < -0.39 is 6.10 Å². The van der Waals surface area contributed by atoms with Crippen LogP contribution in [0.3, 0.4) is 0 Å². The summed E-state index contributed by atoms with van der Waals surface area (Å²) in [6, 6.07) is 15.1. The van der Waals surface area contributed by atoms with E-state index in [4.69, 9.17) is 4.74 Å². The van der Waals surface area contributed by atoms with E-state index in [0.29, 0.717) is 18.5 Å². The standard InChI is InChI=1S/C19H18N2O3/c22-18-6-3-11-21(18)15-9-7-14(8-10-15)20-19(23)17-12-13-4-1-2-5-16(13)24-17/h1-2,4-5,7-10,17H,3,6,11-12H2,(H,20,23). The zero-order chi connectivity index (χ0) is 16.5. The normalized spacial score (nSPS) is 19.1. The average Bonchev–Trinajstić information content (AvgIpc) is 3.21. The third kappa shape index (κ3) is 2.73. The number of nitrogens with one attached hydrogen (secondary N) is 1. The van der Waals surface area contributed by atoms with Gasteiger partial charge in [-0.3, -0.25) is 9.59 Å². The van der Waals surface area contributed by atoms with E-state index >= 15 is 0 Å². The molecule has 4 rings (SSSR count). The molecule has 122 valence electrons. The Labute approximate surface area is 140 Å². The van der Waals surface area contributed by atoms with Crippen LogP contribution < -0.4 is 15.0 Å². The van der Waals surface area contributed by atoms with E-state index in [1.165, 1.54) is 0 Å². The summed E-state index contributed by atoms with van der Waals surface area (Å²) in [5.74, 6) is 0.778. The monoisotopic (exact) mass is 322 g/mol. The van der Waals surface area contributed by atoms with Crippen molar-refractivity contribution < 1.29 is 14.3 Å². The van der Waals surface area contributed by atoms with Gasteiger partial charge >= 0.3 is 0 Å². The first-order valence-corrected chi connectivity index (χ1v) is 8.16. The van der Waals surface area contributed by atoms with Crippen molar-refractivity contribution in [2.45, 2.75) is 25.4 Å². The molecule has 0 spiro atoms. The molecule has 0 saturated carbocycles. The fourth-order valence-corrected chi connectivity index (χ4v) is 3.20. The summed E-state index contributed by atoms with van der Waals surface area (Å²) in [7, 11) is 0. The number of fused-ring (bicyclic) bond motifs is 1. The van der Waals surface area contributed by atoms with Crippen molar-refractivity contribution in [3.63, 3.8) is 0 Å². The summed E-state index contributed by atoms with van der Waals surface area (Å²) in [5.41, 5.74) is 2.63. The molecular weight excluding hydrogens is 304 g/mol. The molecule has 1 atom stereocenters. The molecule has 0 bridgehead atoms. The number of rotatable bonds is 3. The largest absolute Gasteiger partial charge is 0.480 e. The van der Waals surface area contributed by atoms with Gasteiger partial charge in [-0.1, -0.05) is 18.2 Å². The predicted octanol–water partition coefficient (Wildman–Crippen LogP) is 2.76. The second kappa shape index (κ2) is 6.00. The number of hydrogen-bond donors (Lipinski definition) is 1. The van der Waals surface area contributed by atoms with E-state index in [1.807, 2.05) is 48.5 Å². The number of carbonyl (C=O) groups is 2. The van der Waals surface area contributed by atoms with Gasteiger partial charge in [0.1, 0.15) is 5.75 Å². The molecule has 24 heavy (non-hydrogen) atoms. The molecule has 2 aliphatic rings. The first kappa shape index (κ1) is 14.8. The van der Waals surface area contributed by atoms with Crippen molar-refractivity contribution in [3.8, 4) is 5.75 Å². The van der Waals surface area contributed by atoms with E-state index in [9.17, 15) is 9.59 Å². The smallest absolute Gasteiger partial charge is 0.265 e. The molecule has 1 saturated heterocycles. The minimum Gasteiger partial charge on any atom is -0.480 e. The summed E-state index contributed by atoms with van der Waals surface area (Å²) in [6.07, 6.45) is 1.60. The maximum absolute atomic E-state index is 12.4. The first-order chi connectivity index (χ1) is 11.7. The first-order valence-electron chi connectivity index (χ1n) is 8.16.